The van der Waals surface area contributed by atoms with Crippen molar-refractivity contribution in [2.45, 2.75) is 38.6 Å². The summed E-state index contributed by atoms with van der Waals surface area (Å²) in [6.07, 6.45) is 8.64. The number of rotatable bonds is 5. The first kappa shape index (κ1) is 13.3. The first-order chi connectivity index (χ1) is 9.86. The van der Waals surface area contributed by atoms with Gasteiger partial charge in [0.1, 0.15) is 0 Å². The van der Waals surface area contributed by atoms with Crippen molar-refractivity contribution in [3.8, 4) is 0 Å². The van der Waals surface area contributed by atoms with Crippen molar-refractivity contribution < 1.29 is 0 Å². The molecule has 1 heterocycles. The average molecular weight is 266 g/mol. The van der Waals surface area contributed by atoms with E-state index in [0.717, 1.165) is 13.0 Å². The molecule has 0 saturated carbocycles. The van der Waals surface area contributed by atoms with Gasteiger partial charge in [-0.3, -0.25) is 4.98 Å². The lowest BCUT2D eigenvalue weighted by Gasteiger charge is -2.19. The zero-order valence-electron chi connectivity index (χ0n) is 12.1. The van der Waals surface area contributed by atoms with Gasteiger partial charge in [0.05, 0.1) is 0 Å². The first-order valence-corrected chi connectivity index (χ1v) is 7.61. The number of benzene rings is 1. The number of aromatic nitrogens is 1. The highest BCUT2D eigenvalue weighted by molar-refractivity contribution is 5.36. The quantitative estimate of drug-likeness (QED) is 0.896. The van der Waals surface area contributed by atoms with E-state index in [4.69, 9.17) is 0 Å². The van der Waals surface area contributed by atoms with E-state index in [9.17, 15) is 0 Å². The molecule has 0 radical (unpaired) electrons. The number of aryl methyl sites for hydroxylation is 2. The minimum Gasteiger partial charge on any atom is -0.310 e. The van der Waals surface area contributed by atoms with Crippen LogP contribution in [0.2, 0.25) is 0 Å². The van der Waals surface area contributed by atoms with Gasteiger partial charge in [-0.15, -0.1) is 0 Å². The van der Waals surface area contributed by atoms with E-state index in [1.54, 1.807) is 11.1 Å². The SMILES string of the molecule is CCNC(Cc1ccc2c(c1)CCC2)c1ccncc1. The molecule has 1 unspecified atom stereocenters. The summed E-state index contributed by atoms with van der Waals surface area (Å²) in [6.45, 7) is 3.15. The Balaban J connectivity index is 1.80. The summed E-state index contributed by atoms with van der Waals surface area (Å²) in [5, 5.41) is 3.59. The maximum absolute atomic E-state index is 4.11. The van der Waals surface area contributed by atoms with Crippen LogP contribution in [0, 0.1) is 0 Å². The van der Waals surface area contributed by atoms with E-state index in [-0.39, 0.29) is 0 Å². The second kappa shape index (κ2) is 6.19. The molecule has 104 valence electrons. The van der Waals surface area contributed by atoms with Crippen LogP contribution >= 0.6 is 0 Å². The number of fused-ring (bicyclic) bond motifs is 1. The summed E-state index contributed by atoms with van der Waals surface area (Å²) >= 11 is 0. The highest BCUT2D eigenvalue weighted by Crippen LogP contribution is 2.25. The third kappa shape index (κ3) is 2.91. The van der Waals surface area contributed by atoms with Crippen molar-refractivity contribution >= 4 is 0 Å². The number of hydrogen-bond donors (Lipinski definition) is 1. The van der Waals surface area contributed by atoms with Gasteiger partial charge in [0, 0.05) is 18.4 Å². The number of nitrogens with one attached hydrogen (secondary N) is 1. The topological polar surface area (TPSA) is 24.9 Å². The van der Waals surface area contributed by atoms with Gasteiger partial charge in [-0.05, 0) is 66.6 Å². The molecule has 2 nitrogen and oxygen atoms in total. The highest BCUT2D eigenvalue weighted by Gasteiger charge is 2.14. The maximum Gasteiger partial charge on any atom is 0.0361 e. The maximum atomic E-state index is 4.11. The van der Waals surface area contributed by atoms with Crippen molar-refractivity contribution in [3.05, 3.63) is 65.0 Å². The fourth-order valence-electron chi connectivity index (χ4n) is 3.14. The van der Waals surface area contributed by atoms with Gasteiger partial charge < -0.3 is 5.32 Å². The first-order valence-electron chi connectivity index (χ1n) is 7.61. The molecule has 0 bridgehead atoms. The minimum absolute atomic E-state index is 0.377. The third-order valence-corrected chi connectivity index (χ3v) is 4.16. The third-order valence-electron chi connectivity index (χ3n) is 4.16. The molecular weight excluding hydrogens is 244 g/mol. The van der Waals surface area contributed by atoms with Crippen LogP contribution in [0.3, 0.4) is 0 Å². The van der Waals surface area contributed by atoms with Gasteiger partial charge in [0.15, 0.2) is 0 Å². The largest absolute Gasteiger partial charge is 0.310 e. The fourth-order valence-corrected chi connectivity index (χ4v) is 3.14. The second-order valence-corrected chi connectivity index (χ2v) is 5.55. The molecule has 1 aromatic carbocycles. The molecule has 1 aliphatic rings. The van der Waals surface area contributed by atoms with Gasteiger partial charge in [-0.25, -0.2) is 0 Å². The Labute approximate surface area is 121 Å². The molecule has 0 saturated heterocycles. The summed E-state index contributed by atoms with van der Waals surface area (Å²) < 4.78 is 0. The van der Waals surface area contributed by atoms with Crippen molar-refractivity contribution in [1.29, 1.82) is 0 Å². The molecule has 20 heavy (non-hydrogen) atoms. The lowest BCUT2D eigenvalue weighted by Crippen LogP contribution is -2.23. The monoisotopic (exact) mass is 266 g/mol. The van der Waals surface area contributed by atoms with Crippen molar-refractivity contribution in [1.82, 2.24) is 10.3 Å². The molecule has 2 aromatic rings. The molecule has 1 aliphatic carbocycles. The Morgan fingerprint density at radius 3 is 2.70 bits per heavy atom. The normalized spacial score (nSPS) is 15.1. The second-order valence-electron chi connectivity index (χ2n) is 5.55. The molecule has 1 N–H and O–H groups in total. The van der Waals surface area contributed by atoms with Gasteiger partial charge >= 0.3 is 0 Å². The smallest absolute Gasteiger partial charge is 0.0361 e. The van der Waals surface area contributed by atoms with Crippen molar-refractivity contribution in [2.24, 2.45) is 0 Å². The lowest BCUT2D eigenvalue weighted by molar-refractivity contribution is 0.549. The zero-order valence-corrected chi connectivity index (χ0v) is 12.1. The molecule has 1 atom stereocenters. The molecule has 0 amide bonds. The van der Waals surface area contributed by atoms with Gasteiger partial charge in [-0.1, -0.05) is 25.1 Å². The Bertz CT molecular complexity index is 563. The summed E-state index contributed by atoms with van der Waals surface area (Å²) in [5.74, 6) is 0. The van der Waals surface area contributed by atoms with Gasteiger partial charge in [-0.2, -0.15) is 0 Å². The molecule has 0 spiro atoms. The number of nitrogens with zero attached hydrogens (tertiary/aromatic N) is 1. The number of hydrogen-bond acceptors (Lipinski definition) is 2. The van der Waals surface area contributed by atoms with E-state index in [0.29, 0.717) is 6.04 Å². The molecule has 2 heteroatoms. The zero-order chi connectivity index (χ0) is 13.8. The highest BCUT2D eigenvalue weighted by atomic mass is 14.9. The van der Waals surface area contributed by atoms with Crippen LogP contribution in [0.25, 0.3) is 0 Å². The summed E-state index contributed by atoms with van der Waals surface area (Å²) in [7, 11) is 0. The van der Waals surface area contributed by atoms with E-state index >= 15 is 0 Å². The fraction of sp³-hybridized carbons (Fsp3) is 0.389. The van der Waals surface area contributed by atoms with Crippen LogP contribution < -0.4 is 5.32 Å². The minimum atomic E-state index is 0.377. The van der Waals surface area contributed by atoms with Crippen LogP contribution in [0.4, 0.5) is 0 Å². The van der Waals surface area contributed by atoms with Crippen LogP contribution in [0.15, 0.2) is 42.7 Å². The Hall–Kier alpha value is -1.67. The van der Waals surface area contributed by atoms with E-state index in [1.807, 2.05) is 12.4 Å². The van der Waals surface area contributed by atoms with Crippen LogP contribution in [0.1, 0.15) is 41.6 Å². The standard InChI is InChI=1S/C18H22N2/c1-2-20-18(16-8-10-19-11-9-16)13-14-6-7-15-4-3-5-17(15)12-14/h6-12,18,20H,2-5,13H2,1H3. The summed E-state index contributed by atoms with van der Waals surface area (Å²) in [5.41, 5.74) is 5.88. The molecule has 0 fully saturated rings. The lowest BCUT2D eigenvalue weighted by atomic mass is 9.97. The molecule has 0 aliphatic heterocycles. The predicted octanol–water partition coefficient (Wildman–Crippen LogP) is 3.46. The number of likely N-dealkylation sites (N-methyl/N-ethyl adjacent to an activating group) is 1. The van der Waals surface area contributed by atoms with Crippen LogP contribution in [-0.4, -0.2) is 11.5 Å². The van der Waals surface area contributed by atoms with Gasteiger partial charge in [0.2, 0.25) is 0 Å². The molecule has 1 aromatic heterocycles. The van der Waals surface area contributed by atoms with Gasteiger partial charge in [0.25, 0.3) is 0 Å². The van der Waals surface area contributed by atoms with E-state index in [1.165, 1.54) is 30.4 Å². The predicted molar refractivity (Wildman–Crippen MR) is 82.8 cm³/mol. The molecule has 3 rings (SSSR count). The van der Waals surface area contributed by atoms with E-state index in [2.05, 4.69) is 47.6 Å². The Morgan fingerprint density at radius 1 is 1.10 bits per heavy atom. The summed E-state index contributed by atoms with van der Waals surface area (Å²) in [4.78, 5) is 4.11. The molecular formula is C18H22N2. The van der Waals surface area contributed by atoms with E-state index < -0.39 is 0 Å². The van der Waals surface area contributed by atoms with Crippen LogP contribution in [-0.2, 0) is 19.3 Å². The summed E-state index contributed by atoms with van der Waals surface area (Å²) in [6, 6.07) is 11.6. The Morgan fingerprint density at radius 2 is 1.90 bits per heavy atom. The van der Waals surface area contributed by atoms with Crippen LogP contribution in [0.5, 0.6) is 0 Å². The average Bonchev–Trinajstić information content (AvgIpc) is 2.95. The number of pyridine rings is 1. The Kier molecular flexibility index (Phi) is 4.12. The van der Waals surface area contributed by atoms with Crippen molar-refractivity contribution in [2.75, 3.05) is 6.54 Å². The van der Waals surface area contributed by atoms with Crippen molar-refractivity contribution in [3.63, 3.8) is 0 Å².